The summed E-state index contributed by atoms with van der Waals surface area (Å²) in [4.78, 5) is 0. The molecule has 2 atom stereocenters. The van der Waals surface area contributed by atoms with Crippen molar-refractivity contribution in [3.63, 3.8) is 0 Å². The van der Waals surface area contributed by atoms with Crippen LogP contribution in [0.2, 0.25) is 0 Å². The molecule has 0 amide bonds. The van der Waals surface area contributed by atoms with Crippen LogP contribution in [-0.4, -0.2) is 5.54 Å². The summed E-state index contributed by atoms with van der Waals surface area (Å²) in [6.45, 7) is 9.47. The quantitative estimate of drug-likeness (QED) is 0.770. The summed E-state index contributed by atoms with van der Waals surface area (Å²) < 4.78 is 0. The Morgan fingerprint density at radius 3 is 2.00 bits per heavy atom. The maximum absolute atomic E-state index is 6.59. The fourth-order valence-electron chi connectivity index (χ4n) is 5.76. The van der Waals surface area contributed by atoms with Gasteiger partial charge in [-0.3, -0.25) is 0 Å². The summed E-state index contributed by atoms with van der Waals surface area (Å²) >= 11 is 0. The lowest BCUT2D eigenvalue weighted by atomic mass is 9.39. The molecule has 4 bridgehead atoms. The highest BCUT2D eigenvalue weighted by molar-refractivity contribution is 5.13. The van der Waals surface area contributed by atoms with Crippen molar-refractivity contribution in [1.82, 2.24) is 0 Å². The molecule has 4 rings (SSSR count). The van der Waals surface area contributed by atoms with E-state index in [4.69, 9.17) is 5.73 Å². The zero-order valence-electron chi connectivity index (χ0n) is 12.1. The Labute approximate surface area is 107 Å². The van der Waals surface area contributed by atoms with Crippen LogP contribution in [0, 0.1) is 28.6 Å². The Hall–Kier alpha value is -0.0400. The first-order valence-electron chi connectivity index (χ1n) is 7.55. The van der Waals surface area contributed by atoms with Crippen LogP contribution in [0.5, 0.6) is 0 Å². The lowest BCUT2D eigenvalue weighted by Crippen LogP contribution is -2.63. The smallest absolute Gasteiger partial charge is 0.0154 e. The molecular weight excluding hydrogens is 206 g/mol. The summed E-state index contributed by atoms with van der Waals surface area (Å²) in [7, 11) is 0. The van der Waals surface area contributed by atoms with Crippen LogP contribution in [0.15, 0.2) is 0 Å². The number of hydrogen-bond acceptors (Lipinski definition) is 1. The summed E-state index contributed by atoms with van der Waals surface area (Å²) in [5.41, 5.74) is 7.71. The third-order valence-electron chi connectivity index (χ3n) is 6.70. The predicted molar refractivity (Wildman–Crippen MR) is 72.7 cm³/mol. The molecule has 0 spiro atoms. The van der Waals surface area contributed by atoms with Gasteiger partial charge in [0.25, 0.3) is 0 Å². The first-order chi connectivity index (χ1) is 7.76. The van der Waals surface area contributed by atoms with Gasteiger partial charge in [-0.2, -0.15) is 0 Å². The van der Waals surface area contributed by atoms with Crippen LogP contribution in [0.25, 0.3) is 0 Å². The normalized spacial score (nSPS) is 49.1. The molecule has 1 heteroatoms. The van der Waals surface area contributed by atoms with Gasteiger partial charge >= 0.3 is 0 Å². The molecule has 4 saturated carbocycles. The molecule has 2 unspecified atom stereocenters. The second-order valence-electron chi connectivity index (χ2n) is 8.48. The van der Waals surface area contributed by atoms with Gasteiger partial charge in [0, 0.05) is 5.54 Å². The van der Waals surface area contributed by atoms with Gasteiger partial charge in [0.2, 0.25) is 0 Å². The molecule has 98 valence electrons. The molecule has 0 aromatic heterocycles. The maximum Gasteiger partial charge on any atom is 0.0154 e. The molecule has 0 aromatic carbocycles. The van der Waals surface area contributed by atoms with Crippen molar-refractivity contribution in [2.24, 2.45) is 34.3 Å². The lowest BCUT2D eigenvalue weighted by Gasteiger charge is -2.67. The third kappa shape index (κ3) is 1.54. The van der Waals surface area contributed by atoms with E-state index in [1.165, 1.54) is 38.5 Å². The van der Waals surface area contributed by atoms with Gasteiger partial charge in [0.05, 0.1) is 0 Å². The van der Waals surface area contributed by atoms with Crippen LogP contribution in [-0.2, 0) is 0 Å². The van der Waals surface area contributed by atoms with Gasteiger partial charge < -0.3 is 5.73 Å². The van der Waals surface area contributed by atoms with Gasteiger partial charge in [-0.15, -0.1) is 0 Å². The Kier molecular flexibility index (Phi) is 2.32. The fraction of sp³-hybridized carbons (Fsp3) is 1.00. The molecular formula is C16H29N. The molecule has 0 aliphatic heterocycles. The first-order valence-corrected chi connectivity index (χ1v) is 7.55. The highest BCUT2D eigenvalue weighted by Crippen LogP contribution is 2.69. The van der Waals surface area contributed by atoms with E-state index in [-0.39, 0.29) is 5.54 Å². The topological polar surface area (TPSA) is 26.0 Å². The number of rotatable bonds is 2. The van der Waals surface area contributed by atoms with Crippen molar-refractivity contribution in [2.75, 3.05) is 0 Å². The molecule has 0 aromatic rings. The molecule has 0 saturated heterocycles. The second kappa shape index (κ2) is 3.29. The van der Waals surface area contributed by atoms with Crippen LogP contribution in [0.4, 0.5) is 0 Å². The highest BCUT2D eigenvalue weighted by Gasteiger charge is 2.61. The summed E-state index contributed by atoms with van der Waals surface area (Å²) in [6.07, 6.45) is 8.75. The standard InChI is InChI=1S/C16H29N/c1-11(2)15-6-12-5-13(7-15)9-16(8-12,10-15)14(3,4)17/h11-13H,5-10,17H2,1-4H3. The average molecular weight is 235 g/mol. The molecule has 4 aliphatic carbocycles. The van der Waals surface area contributed by atoms with E-state index < -0.39 is 0 Å². The Bertz CT molecular complexity index is 309. The first kappa shape index (κ1) is 12.0. The van der Waals surface area contributed by atoms with E-state index in [0.717, 1.165) is 17.8 Å². The summed E-state index contributed by atoms with van der Waals surface area (Å²) in [5.74, 6) is 2.82. The van der Waals surface area contributed by atoms with Crippen molar-refractivity contribution < 1.29 is 0 Å². The minimum absolute atomic E-state index is 0.0188. The minimum atomic E-state index is 0.0188. The van der Waals surface area contributed by atoms with E-state index in [9.17, 15) is 0 Å². The zero-order valence-corrected chi connectivity index (χ0v) is 12.1. The Morgan fingerprint density at radius 1 is 1.06 bits per heavy atom. The van der Waals surface area contributed by atoms with E-state index in [2.05, 4.69) is 27.7 Å². The molecule has 0 radical (unpaired) electrons. The van der Waals surface area contributed by atoms with Crippen LogP contribution < -0.4 is 5.73 Å². The Morgan fingerprint density at radius 2 is 1.59 bits per heavy atom. The SMILES string of the molecule is CC(C)C12CC3CC(C1)CC(C(C)(C)N)(C3)C2. The molecule has 0 heterocycles. The third-order valence-corrected chi connectivity index (χ3v) is 6.70. The van der Waals surface area contributed by atoms with Crippen LogP contribution in [0.3, 0.4) is 0 Å². The monoisotopic (exact) mass is 235 g/mol. The van der Waals surface area contributed by atoms with Crippen molar-refractivity contribution >= 4 is 0 Å². The molecule has 4 fully saturated rings. The lowest BCUT2D eigenvalue weighted by molar-refractivity contribution is -0.154. The van der Waals surface area contributed by atoms with E-state index in [1.807, 2.05) is 0 Å². The summed E-state index contributed by atoms with van der Waals surface area (Å²) in [6, 6.07) is 0. The van der Waals surface area contributed by atoms with E-state index >= 15 is 0 Å². The van der Waals surface area contributed by atoms with E-state index in [0.29, 0.717) is 10.8 Å². The van der Waals surface area contributed by atoms with Crippen molar-refractivity contribution in [3.05, 3.63) is 0 Å². The molecule has 2 N–H and O–H groups in total. The minimum Gasteiger partial charge on any atom is -0.325 e. The van der Waals surface area contributed by atoms with Crippen molar-refractivity contribution in [1.29, 1.82) is 0 Å². The van der Waals surface area contributed by atoms with Crippen molar-refractivity contribution in [3.8, 4) is 0 Å². The largest absolute Gasteiger partial charge is 0.325 e. The fourth-order valence-corrected chi connectivity index (χ4v) is 5.76. The zero-order chi connectivity index (χ0) is 12.5. The molecule has 1 nitrogen and oxygen atoms in total. The average Bonchev–Trinajstić information content (AvgIpc) is 2.13. The predicted octanol–water partition coefficient (Wildman–Crippen LogP) is 3.97. The number of hydrogen-bond donors (Lipinski definition) is 1. The number of nitrogens with two attached hydrogens (primary N) is 1. The maximum atomic E-state index is 6.59. The van der Waals surface area contributed by atoms with Gasteiger partial charge in [-0.1, -0.05) is 13.8 Å². The van der Waals surface area contributed by atoms with E-state index in [1.54, 1.807) is 0 Å². The van der Waals surface area contributed by atoms with Gasteiger partial charge in [0.15, 0.2) is 0 Å². The molecule has 17 heavy (non-hydrogen) atoms. The Balaban J connectivity index is 2.00. The van der Waals surface area contributed by atoms with Crippen molar-refractivity contribution in [2.45, 2.75) is 71.8 Å². The van der Waals surface area contributed by atoms with Gasteiger partial charge in [-0.05, 0) is 81.0 Å². The van der Waals surface area contributed by atoms with Gasteiger partial charge in [-0.25, -0.2) is 0 Å². The second-order valence-corrected chi connectivity index (χ2v) is 8.48. The summed E-state index contributed by atoms with van der Waals surface area (Å²) in [5, 5.41) is 0. The molecule has 4 aliphatic rings. The highest BCUT2D eigenvalue weighted by atomic mass is 14.8. The van der Waals surface area contributed by atoms with Crippen LogP contribution in [0.1, 0.15) is 66.2 Å². The van der Waals surface area contributed by atoms with Crippen LogP contribution >= 0.6 is 0 Å². The van der Waals surface area contributed by atoms with Gasteiger partial charge in [0.1, 0.15) is 0 Å².